The highest BCUT2D eigenvalue weighted by Crippen LogP contribution is 2.36. The van der Waals surface area contributed by atoms with Gasteiger partial charge in [0.25, 0.3) is 0 Å². The van der Waals surface area contributed by atoms with Gasteiger partial charge in [-0.2, -0.15) is 0 Å². The van der Waals surface area contributed by atoms with Gasteiger partial charge in [0.2, 0.25) is 0 Å². The van der Waals surface area contributed by atoms with Gasteiger partial charge in [-0.1, -0.05) is 11.6 Å². The van der Waals surface area contributed by atoms with Crippen molar-refractivity contribution in [2.75, 3.05) is 6.61 Å². The van der Waals surface area contributed by atoms with E-state index in [4.69, 9.17) is 27.2 Å². The first-order chi connectivity index (χ1) is 7.04. The summed E-state index contributed by atoms with van der Waals surface area (Å²) in [5.41, 5.74) is 4.89. The summed E-state index contributed by atoms with van der Waals surface area (Å²) in [6.07, 6.45) is 0.246. The Labute approximate surface area is 91.6 Å². The molecule has 15 heavy (non-hydrogen) atoms. The average Bonchev–Trinajstić information content (AvgIpc) is 2.19. The van der Waals surface area contributed by atoms with Gasteiger partial charge in [-0.15, -0.1) is 0 Å². The minimum absolute atomic E-state index is 0.246. The number of carbonyl (C=O) groups is 1. The molecule has 0 saturated heterocycles. The van der Waals surface area contributed by atoms with Gasteiger partial charge >= 0.3 is 5.97 Å². The summed E-state index contributed by atoms with van der Waals surface area (Å²) < 4.78 is 5.32. The summed E-state index contributed by atoms with van der Waals surface area (Å²) in [4.78, 5) is 11.1. The molecule has 0 spiro atoms. The maximum absolute atomic E-state index is 11.1. The summed E-state index contributed by atoms with van der Waals surface area (Å²) in [7, 11) is 0. The molecule has 4 nitrogen and oxygen atoms in total. The molecule has 0 aliphatic carbocycles. The van der Waals surface area contributed by atoms with Crippen molar-refractivity contribution in [3.05, 3.63) is 28.8 Å². The summed E-state index contributed by atoms with van der Waals surface area (Å²) in [5, 5.41) is 9.57. The highest BCUT2D eigenvalue weighted by molar-refractivity contribution is 6.30. The van der Waals surface area contributed by atoms with Crippen LogP contribution in [0.4, 0.5) is 0 Å². The largest absolute Gasteiger partial charge is 0.493 e. The normalized spacial score (nSPS) is 24.1. The van der Waals surface area contributed by atoms with Crippen molar-refractivity contribution in [3.63, 3.8) is 0 Å². The quantitative estimate of drug-likeness (QED) is 0.760. The summed E-state index contributed by atoms with van der Waals surface area (Å²) in [5.74, 6) is -0.565. The molecular formula is C10H10ClNO3. The number of fused-ring (bicyclic) bond motifs is 1. The zero-order chi connectivity index (χ0) is 11.1. The molecule has 1 aromatic rings. The van der Waals surface area contributed by atoms with Crippen molar-refractivity contribution in [1.29, 1.82) is 0 Å². The molecule has 0 unspecified atom stereocenters. The van der Waals surface area contributed by atoms with E-state index < -0.39 is 11.5 Å². The van der Waals surface area contributed by atoms with Gasteiger partial charge in [0.05, 0.1) is 6.61 Å². The molecule has 1 heterocycles. The fourth-order valence-corrected chi connectivity index (χ4v) is 1.83. The standard InChI is InChI=1S/C10H10ClNO3/c11-6-1-2-8-7(5-6)10(12,9(13)14)3-4-15-8/h1-2,5H,3-4,12H2,(H,13,14)/t10-/m1/s1. The van der Waals surface area contributed by atoms with Crippen LogP contribution in [0.1, 0.15) is 12.0 Å². The van der Waals surface area contributed by atoms with E-state index in [0.29, 0.717) is 22.9 Å². The van der Waals surface area contributed by atoms with Crippen LogP contribution in [0.5, 0.6) is 5.75 Å². The number of hydrogen-bond donors (Lipinski definition) is 2. The number of halogens is 1. The van der Waals surface area contributed by atoms with E-state index in [1.165, 1.54) is 0 Å². The maximum atomic E-state index is 11.1. The first-order valence-electron chi connectivity index (χ1n) is 4.49. The van der Waals surface area contributed by atoms with Gasteiger partial charge in [-0.05, 0) is 18.2 Å². The van der Waals surface area contributed by atoms with E-state index in [-0.39, 0.29) is 6.42 Å². The second-order valence-electron chi connectivity index (χ2n) is 3.52. The second kappa shape index (κ2) is 3.40. The first kappa shape index (κ1) is 10.3. The molecular weight excluding hydrogens is 218 g/mol. The van der Waals surface area contributed by atoms with Crippen LogP contribution < -0.4 is 10.5 Å². The van der Waals surface area contributed by atoms with E-state index in [0.717, 1.165) is 0 Å². The van der Waals surface area contributed by atoms with Gasteiger partial charge in [0.1, 0.15) is 11.3 Å². The fourth-order valence-electron chi connectivity index (χ4n) is 1.66. The molecule has 0 fully saturated rings. The van der Waals surface area contributed by atoms with Gasteiger partial charge in [0.15, 0.2) is 0 Å². The van der Waals surface area contributed by atoms with Gasteiger partial charge in [-0.3, -0.25) is 0 Å². The molecule has 0 bridgehead atoms. The second-order valence-corrected chi connectivity index (χ2v) is 3.95. The van der Waals surface area contributed by atoms with Crippen molar-refractivity contribution in [1.82, 2.24) is 0 Å². The topological polar surface area (TPSA) is 72.6 Å². The van der Waals surface area contributed by atoms with Crippen LogP contribution >= 0.6 is 11.6 Å². The Morgan fingerprint density at radius 2 is 2.33 bits per heavy atom. The van der Waals surface area contributed by atoms with Crippen molar-refractivity contribution in [3.8, 4) is 5.75 Å². The maximum Gasteiger partial charge on any atom is 0.328 e. The highest BCUT2D eigenvalue weighted by Gasteiger charge is 2.41. The lowest BCUT2D eigenvalue weighted by Gasteiger charge is -2.31. The number of benzene rings is 1. The number of ether oxygens (including phenoxy) is 1. The van der Waals surface area contributed by atoms with Crippen LogP contribution in [0, 0.1) is 0 Å². The van der Waals surface area contributed by atoms with Crippen molar-refractivity contribution in [2.24, 2.45) is 5.73 Å². The van der Waals surface area contributed by atoms with E-state index in [9.17, 15) is 4.79 Å². The van der Waals surface area contributed by atoms with Crippen LogP contribution in [-0.2, 0) is 10.3 Å². The van der Waals surface area contributed by atoms with Gasteiger partial charge in [0, 0.05) is 17.0 Å². The smallest absolute Gasteiger partial charge is 0.328 e. The molecule has 0 amide bonds. The van der Waals surface area contributed by atoms with E-state index in [1.54, 1.807) is 18.2 Å². The Balaban J connectivity index is 2.59. The molecule has 0 saturated carbocycles. The Kier molecular flexibility index (Phi) is 2.32. The van der Waals surface area contributed by atoms with Crippen molar-refractivity contribution in [2.45, 2.75) is 12.0 Å². The van der Waals surface area contributed by atoms with Crippen LogP contribution in [0.2, 0.25) is 5.02 Å². The first-order valence-corrected chi connectivity index (χ1v) is 4.87. The highest BCUT2D eigenvalue weighted by atomic mass is 35.5. The number of aliphatic carboxylic acids is 1. The monoisotopic (exact) mass is 227 g/mol. The van der Waals surface area contributed by atoms with E-state index in [1.807, 2.05) is 0 Å². The molecule has 1 aromatic carbocycles. The predicted octanol–water partition coefficient (Wildman–Crippen LogP) is 1.36. The lowest BCUT2D eigenvalue weighted by molar-refractivity contribution is -0.144. The zero-order valence-corrected chi connectivity index (χ0v) is 8.62. The number of carboxylic acids is 1. The van der Waals surface area contributed by atoms with E-state index in [2.05, 4.69) is 0 Å². The molecule has 5 heteroatoms. The number of rotatable bonds is 1. The Morgan fingerprint density at radius 1 is 1.60 bits per heavy atom. The Bertz CT molecular complexity index is 421. The summed E-state index contributed by atoms with van der Waals surface area (Å²) >= 11 is 5.80. The van der Waals surface area contributed by atoms with Gasteiger partial charge < -0.3 is 15.6 Å². The minimum atomic E-state index is -1.39. The minimum Gasteiger partial charge on any atom is -0.493 e. The third-order valence-electron chi connectivity index (χ3n) is 2.56. The molecule has 1 aliphatic rings. The molecule has 80 valence electrons. The van der Waals surface area contributed by atoms with Gasteiger partial charge in [-0.25, -0.2) is 4.79 Å². The van der Waals surface area contributed by atoms with Crippen LogP contribution in [0.3, 0.4) is 0 Å². The van der Waals surface area contributed by atoms with Crippen molar-refractivity contribution >= 4 is 17.6 Å². The Morgan fingerprint density at radius 3 is 3.00 bits per heavy atom. The molecule has 0 radical (unpaired) electrons. The molecule has 1 atom stereocenters. The molecule has 3 N–H and O–H groups in total. The third kappa shape index (κ3) is 1.56. The number of nitrogens with two attached hydrogens (primary N) is 1. The fraction of sp³-hybridized carbons (Fsp3) is 0.300. The molecule has 0 aromatic heterocycles. The Hall–Kier alpha value is -1.26. The predicted molar refractivity (Wildman–Crippen MR) is 55.1 cm³/mol. The molecule has 1 aliphatic heterocycles. The zero-order valence-electron chi connectivity index (χ0n) is 7.87. The van der Waals surface area contributed by atoms with E-state index >= 15 is 0 Å². The number of hydrogen-bond acceptors (Lipinski definition) is 3. The SMILES string of the molecule is N[C@]1(C(=O)O)CCOc2ccc(Cl)cc21. The van der Waals surface area contributed by atoms with Crippen LogP contribution in [-0.4, -0.2) is 17.7 Å². The lowest BCUT2D eigenvalue weighted by atomic mass is 9.86. The summed E-state index contributed by atoms with van der Waals surface area (Å²) in [6.45, 7) is 0.303. The lowest BCUT2D eigenvalue weighted by Crippen LogP contribution is -2.48. The molecule has 2 rings (SSSR count). The van der Waals surface area contributed by atoms with Crippen molar-refractivity contribution < 1.29 is 14.6 Å². The summed E-state index contributed by atoms with van der Waals surface area (Å²) in [6, 6.07) is 4.83. The van der Waals surface area contributed by atoms with Crippen LogP contribution in [0.15, 0.2) is 18.2 Å². The van der Waals surface area contributed by atoms with Crippen LogP contribution in [0.25, 0.3) is 0 Å². The third-order valence-corrected chi connectivity index (χ3v) is 2.79. The average molecular weight is 228 g/mol. The number of carboxylic acid groups (broad SMARTS) is 1.